The zero-order valence-corrected chi connectivity index (χ0v) is 12.3. The normalized spacial score (nSPS) is 38.1. The van der Waals surface area contributed by atoms with Gasteiger partial charge >= 0.3 is 6.03 Å². The molecule has 112 valence electrons. The summed E-state index contributed by atoms with van der Waals surface area (Å²) in [5, 5.41) is 5.42. The molecule has 0 radical (unpaired) electrons. The number of carbonyl (C=O) groups excluding carboxylic acids is 2. The van der Waals surface area contributed by atoms with Crippen molar-refractivity contribution in [1.82, 2.24) is 20.4 Å². The fourth-order valence-electron chi connectivity index (χ4n) is 4.17. The summed E-state index contributed by atoms with van der Waals surface area (Å²) in [5.41, 5.74) is -0.660. The molecule has 3 saturated heterocycles. The van der Waals surface area contributed by atoms with Gasteiger partial charge in [0.2, 0.25) is 0 Å². The lowest BCUT2D eigenvalue weighted by atomic mass is 9.67. The molecule has 3 fully saturated rings. The van der Waals surface area contributed by atoms with Gasteiger partial charge in [0.25, 0.3) is 5.91 Å². The molecule has 2 bridgehead atoms. The quantitative estimate of drug-likeness (QED) is 0.706. The van der Waals surface area contributed by atoms with Gasteiger partial charge in [-0.3, -0.25) is 10.1 Å². The van der Waals surface area contributed by atoms with E-state index in [4.69, 9.17) is 0 Å². The van der Waals surface area contributed by atoms with Crippen molar-refractivity contribution in [2.45, 2.75) is 25.3 Å². The Morgan fingerprint density at radius 2 is 1.85 bits per heavy atom. The maximum absolute atomic E-state index is 12.4. The number of piperidine rings is 2. The van der Waals surface area contributed by atoms with Gasteiger partial charge < -0.3 is 15.1 Å². The lowest BCUT2D eigenvalue weighted by Crippen LogP contribution is -2.73. The van der Waals surface area contributed by atoms with Crippen molar-refractivity contribution in [2.24, 2.45) is 11.8 Å². The molecule has 2 atom stereocenters. The molecule has 0 aliphatic carbocycles. The largest absolute Gasteiger partial charge is 0.322 e. The fourth-order valence-corrected chi connectivity index (χ4v) is 4.17. The van der Waals surface area contributed by atoms with Gasteiger partial charge in [0.15, 0.2) is 0 Å². The number of unbranched alkanes of at least 4 members (excludes halogenated alkanes) is 1. The summed E-state index contributed by atoms with van der Waals surface area (Å²) in [5.74, 6) is 0.257. The minimum absolute atomic E-state index is 0.110. The molecule has 6 heteroatoms. The number of nitrogens with one attached hydrogen (secondary N) is 2. The highest BCUT2D eigenvalue weighted by Gasteiger charge is 2.61. The van der Waals surface area contributed by atoms with Crippen molar-refractivity contribution >= 4 is 11.9 Å². The fraction of sp³-hybridized carbons (Fsp3) is 0.857. The van der Waals surface area contributed by atoms with Gasteiger partial charge in [-0.2, -0.15) is 0 Å². The van der Waals surface area contributed by atoms with E-state index in [1.807, 2.05) is 0 Å². The molecule has 0 saturated carbocycles. The number of imide groups is 1. The molecule has 0 aromatic rings. The second-order valence-electron chi connectivity index (χ2n) is 6.51. The zero-order valence-electron chi connectivity index (χ0n) is 12.3. The summed E-state index contributed by atoms with van der Waals surface area (Å²) in [7, 11) is 2.10. The number of amides is 3. The highest BCUT2D eigenvalue weighted by molar-refractivity contribution is 6.07. The molecule has 3 heterocycles. The van der Waals surface area contributed by atoms with Crippen LogP contribution in [-0.2, 0) is 4.79 Å². The molecule has 3 amide bonds. The average Bonchev–Trinajstić information content (AvgIpc) is 2.65. The Bertz CT molecular complexity index is 409. The number of carbonyl (C=O) groups is 2. The molecule has 2 N–H and O–H groups in total. The number of rotatable bonds is 3. The van der Waals surface area contributed by atoms with Gasteiger partial charge in [0, 0.05) is 38.0 Å². The Kier molecular flexibility index (Phi) is 3.46. The third-order valence-corrected chi connectivity index (χ3v) is 5.06. The van der Waals surface area contributed by atoms with E-state index in [0.717, 1.165) is 32.7 Å². The van der Waals surface area contributed by atoms with Gasteiger partial charge in [-0.25, -0.2) is 4.79 Å². The smallest absolute Gasteiger partial charge is 0.322 e. The molecule has 2 unspecified atom stereocenters. The first kappa shape index (κ1) is 13.8. The third-order valence-electron chi connectivity index (χ3n) is 5.06. The number of hydrogen-bond acceptors (Lipinski definition) is 4. The molecule has 1 spiro atoms. The van der Waals surface area contributed by atoms with E-state index in [9.17, 15) is 9.59 Å². The van der Waals surface area contributed by atoms with E-state index in [1.54, 1.807) is 0 Å². The number of urea groups is 1. The molecule has 0 aromatic heterocycles. The zero-order chi connectivity index (χ0) is 14.3. The Labute approximate surface area is 119 Å². The minimum atomic E-state index is -0.660. The SMILES string of the molecule is CCCCN1CC2CN(C)CC(C1)C21NC(=O)NC1=O. The molecule has 6 nitrogen and oxygen atoms in total. The van der Waals surface area contributed by atoms with Crippen molar-refractivity contribution in [1.29, 1.82) is 0 Å². The first-order chi connectivity index (χ1) is 9.56. The van der Waals surface area contributed by atoms with Crippen molar-refractivity contribution in [3.63, 3.8) is 0 Å². The van der Waals surface area contributed by atoms with E-state index in [-0.39, 0.29) is 23.8 Å². The van der Waals surface area contributed by atoms with Gasteiger partial charge in [-0.1, -0.05) is 13.3 Å². The monoisotopic (exact) mass is 280 g/mol. The summed E-state index contributed by atoms with van der Waals surface area (Å²) in [6, 6.07) is -0.323. The maximum Gasteiger partial charge on any atom is 0.322 e. The van der Waals surface area contributed by atoms with Crippen LogP contribution in [0.2, 0.25) is 0 Å². The van der Waals surface area contributed by atoms with Crippen molar-refractivity contribution in [3.05, 3.63) is 0 Å². The predicted molar refractivity (Wildman–Crippen MR) is 75.2 cm³/mol. The van der Waals surface area contributed by atoms with Crippen LogP contribution in [0.4, 0.5) is 4.79 Å². The highest BCUT2D eigenvalue weighted by Crippen LogP contribution is 2.39. The topological polar surface area (TPSA) is 64.7 Å². The summed E-state index contributed by atoms with van der Waals surface area (Å²) < 4.78 is 0. The van der Waals surface area contributed by atoms with Gasteiger partial charge in [-0.05, 0) is 20.0 Å². The van der Waals surface area contributed by atoms with Crippen LogP contribution >= 0.6 is 0 Å². The summed E-state index contributed by atoms with van der Waals surface area (Å²) >= 11 is 0. The molecule has 20 heavy (non-hydrogen) atoms. The Balaban J connectivity index is 1.83. The second kappa shape index (κ2) is 5.00. The number of likely N-dealkylation sites (tertiary alicyclic amines) is 2. The van der Waals surface area contributed by atoms with Crippen LogP contribution in [0.1, 0.15) is 19.8 Å². The third kappa shape index (κ3) is 2.02. The van der Waals surface area contributed by atoms with Crippen LogP contribution in [0.5, 0.6) is 0 Å². The predicted octanol–water partition coefficient (Wildman–Crippen LogP) is -0.142. The van der Waals surface area contributed by atoms with Crippen LogP contribution < -0.4 is 10.6 Å². The molecule has 3 aliphatic rings. The lowest BCUT2D eigenvalue weighted by Gasteiger charge is -2.54. The molecular weight excluding hydrogens is 256 g/mol. The Morgan fingerprint density at radius 3 is 2.35 bits per heavy atom. The number of nitrogens with zero attached hydrogens (tertiary/aromatic N) is 2. The van der Waals surface area contributed by atoms with Crippen LogP contribution in [-0.4, -0.2) is 67.0 Å². The summed E-state index contributed by atoms with van der Waals surface area (Å²) in [6.07, 6.45) is 2.38. The van der Waals surface area contributed by atoms with E-state index in [1.165, 1.54) is 12.8 Å². The van der Waals surface area contributed by atoms with E-state index in [2.05, 4.69) is 34.4 Å². The van der Waals surface area contributed by atoms with Gasteiger partial charge in [0.05, 0.1) is 0 Å². The Morgan fingerprint density at radius 1 is 1.20 bits per heavy atom. The highest BCUT2D eigenvalue weighted by atomic mass is 16.2. The average molecular weight is 280 g/mol. The van der Waals surface area contributed by atoms with Crippen LogP contribution in [0.25, 0.3) is 0 Å². The first-order valence-electron chi connectivity index (χ1n) is 7.60. The van der Waals surface area contributed by atoms with Crippen molar-refractivity contribution in [2.75, 3.05) is 39.8 Å². The van der Waals surface area contributed by atoms with Crippen molar-refractivity contribution in [3.8, 4) is 0 Å². The molecular formula is C14H24N4O2. The van der Waals surface area contributed by atoms with Gasteiger partial charge in [0.1, 0.15) is 5.54 Å². The maximum atomic E-state index is 12.4. The van der Waals surface area contributed by atoms with Crippen LogP contribution in [0, 0.1) is 11.8 Å². The molecule has 3 rings (SSSR count). The van der Waals surface area contributed by atoms with Crippen molar-refractivity contribution < 1.29 is 9.59 Å². The summed E-state index contributed by atoms with van der Waals surface area (Å²) in [4.78, 5) is 28.7. The van der Waals surface area contributed by atoms with Gasteiger partial charge in [-0.15, -0.1) is 0 Å². The second-order valence-corrected chi connectivity index (χ2v) is 6.51. The van der Waals surface area contributed by atoms with Crippen LogP contribution in [0.15, 0.2) is 0 Å². The molecule has 0 aromatic carbocycles. The molecule has 3 aliphatic heterocycles. The summed E-state index contributed by atoms with van der Waals surface area (Å²) in [6.45, 7) is 6.83. The minimum Gasteiger partial charge on any atom is -0.322 e. The van der Waals surface area contributed by atoms with Crippen LogP contribution in [0.3, 0.4) is 0 Å². The van der Waals surface area contributed by atoms with E-state index in [0.29, 0.717) is 0 Å². The Hall–Kier alpha value is -1.14. The van der Waals surface area contributed by atoms with E-state index >= 15 is 0 Å². The first-order valence-corrected chi connectivity index (χ1v) is 7.60. The number of hydrogen-bond donors (Lipinski definition) is 2. The lowest BCUT2D eigenvalue weighted by molar-refractivity contribution is -0.136. The standard InChI is InChI=1S/C14H24N4O2/c1-3-4-5-18-8-10-6-17(2)7-11(9-18)14(10)12(19)15-13(20)16-14/h10-11H,3-9H2,1-2H3,(H2,15,16,19,20). The van der Waals surface area contributed by atoms with E-state index < -0.39 is 5.54 Å².